The quantitative estimate of drug-likeness (QED) is 0.837. The van der Waals surface area contributed by atoms with Crippen LogP contribution in [0.2, 0.25) is 0 Å². The highest BCUT2D eigenvalue weighted by atomic mass is 32.1. The Kier molecular flexibility index (Phi) is 5.13. The molecule has 0 N–H and O–H groups in total. The highest BCUT2D eigenvalue weighted by Crippen LogP contribution is 2.27. The van der Waals surface area contributed by atoms with Crippen molar-refractivity contribution < 1.29 is 9.47 Å². The van der Waals surface area contributed by atoms with Gasteiger partial charge in [0.05, 0.1) is 36.5 Å². The van der Waals surface area contributed by atoms with Crippen molar-refractivity contribution in [3.05, 3.63) is 5.69 Å². The van der Waals surface area contributed by atoms with Gasteiger partial charge in [-0.15, -0.1) is 17.7 Å². The normalized spacial score (nSPS) is 18.5. The minimum Gasteiger partial charge on any atom is -0.476 e. The van der Waals surface area contributed by atoms with Gasteiger partial charge in [0.1, 0.15) is 0 Å². The van der Waals surface area contributed by atoms with Gasteiger partial charge in [-0.05, 0) is 20.8 Å². The van der Waals surface area contributed by atoms with Crippen molar-refractivity contribution in [3.63, 3.8) is 0 Å². The predicted octanol–water partition coefficient (Wildman–Crippen LogP) is 1.77. The molecule has 1 aliphatic heterocycles. The lowest BCUT2D eigenvalue weighted by Gasteiger charge is -2.29. The highest BCUT2D eigenvalue weighted by Gasteiger charge is 2.20. The van der Waals surface area contributed by atoms with E-state index in [4.69, 9.17) is 9.47 Å². The number of nitrogens with zero attached hydrogens (tertiary/aromatic N) is 3. The van der Waals surface area contributed by atoms with E-state index < -0.39 is 0 Å². The van der Waals surface area contributed by atoms with Crippen LogP contribution < -0.4 is 4.74 Å². The molecular formula is C13H23N3O2S. The van der Waals surface area contributed by atoms with E-state index >= 15 is 0 Å². The number of morpholine rings is 1. The number of rotatable bonds is 5. The smallest absolute Gasteiger partial charge is 0.246 e. The fourth-order valence-electron chi connectivity index (χ4n) is 2.38. The maximum absolute atomic E-state index is 5.50. The Labute approximate surface area is 120 Å². The molecule has 2 rings (SSSR count). The van der Waals surface area contributed by atoms with E-state index in [0.29, 0.717) is 18.5 Å². The minimum absolute atomic E-state index is 0.304. The van der Waals surface area contributed by atoms with Crippen molar-refractivity contribution in [2.24, 2.45) is 0 Å². The lowest BCUT2D eigenvalue weighted by Crippen LogP contribution is -2.39. The topological polar surface area (TPSA) is 39.5 Å². The van der Waals surface area contributed by atoms with Crippen LogP contribution in [0.25, 0.3) is 0 Å². The van der Waals surface area contributed by atoms with Crippen LogP contribution in [0.5, 0.6) is 5.88 Å². The number of thiol groups is 1. The van der Waals surface area contributed by atoms with Crippen LogP contribution in [0.1, 0.15) is 25.6 Å². The van der Waals surface area contributed by atoms with Crippen LogP contribution in [0.4, 0.5) is 0 Å². The maximum Gasteiger partial charge on any atom is 0.246 e. The molecule has 0 aliphatic carbocycles. The largest absolute Gasteiger partial charge is 0.476 e. The lowest BCUT2D eigenvalue weighted by molar-refractivity contribution is 0.0317. The molecule has 0 aromatic carbocycles. The molecule has 0 radical (unpaired) electrons. The Hall–Kier alpha value is -0.720. The predicted molar refractivity (Wildman–Crippen MR) is 77.4 cm³/mol. The fraction of sp³-hybridized carbons (Fsp3) is 0.769. The Morgan fingerprint density at radius 3 is 2.74 bits per heavy atom. The molecule has 5 nitrogen and oxygen atoms in total. The van der Waals surface area contributed by atoms with Crippen molar-refractivity contribution in [1.29, 1.82) is 0 Å². The Balaban J connectivity index is 2.05. The van der Waals surface area contributed by atoms with Gasteiger partial charge in [0, 0.05) is 19.6 Å². The molecule has 6 heteroatoms. The third-order valence-electron chi connectivity index (χ3n) is 3.41. The van der Waals surface area contributed by atoms with E-state index in [-0.39, 0.29) is 0 Å². The summed E-state index contributed by atoms with van der Waals surface area (Å²) in [7, 11) is 0. The van der Waals surface area contributed by atoms with Gasteiger partial charge in [0.25, 0.3) is 0 Å². The number of ether oxygens (including phenoxy) is 2. The van der Waals surface area contributed by atoms with Crippen molar-refractivity contribution in [2.75, 3.05) is 39.5 Å². The van der Waals surface area contributed by atoms with Crippen LogP contribution in [-0.4, -0.2) is 54.1 Å². The molecule has 0 bridgehead atoms. The van der Waals surface area contributed by atoms with Crippen LogP contribution in [0, 0.1) is 6.92 Å². The standard InChI is InChI=1S/C13H23N3O2S/c1-4-18-13-12(19)11(3)16(14-13)10(2)9-15-5-7-17-8-6-15/h10,19H,4-9H2,1-3H3/t10-/m0/s1. The van der Waals surface area contributed by atoms with Gasteiger partial charge in [-0.2, -0.15) is 0 Å². The summed E-state index contributed by atoms with van der Waals surface area (Å²) >= 11 is 4.48. The maximum atomic E-state index is 5.50. The van der Waals surface area contributed by atoms with Gasteiger partial charge in [0.2, 0.25) is 5.88 Å². The molecule has 1 aliphatic rings. The van der Waals surface area contributed by atoms with Gasteiger partial charge in [-0.25, -0.2) is 0 Å². The lowest BCUT2D eigenvalue weighted by atomic mass is 10.3. The van der Waals surface area contributed by atoms with Gasteiger partial charge < -0.3 is 9.47 Å². The molecule has 1 fully saturated rings. The molecule has 2 heterocycles. The first-order valence-corrected chi connectivity index (χ1v) is 7.29. The summed E-state index contributed by atoms with van der Waals surface area (Å²) < 4.78 is 12.9. The molecule has 0 amide bonds. The molecule has 1 saturated heterocycles. The monoisotopic (exact) mass is 285 g/mol. The van der Waals surface area contributed by atoms with E-state index in [1.54, 1.807) is 0 Å². The Morgan fingerprint density at radius 1 is 1.42 bits per heavy atom. The average Bonchev–Trinajstić information content (AvgIpc) is 2.69. The summed E-state index contributed by atoms with van der Waals surface area (Å²) in [5.74, 6) is 0.636. The van der Waals surface area contributed by atoms with Crippen molar-refractivity contribution in [1.82, 2.24) is 14.7 Å². The Bertz CT molecular complexity index is 416. The third-order valence-corrected chi connectivity index (χ3v) is 3.93. The first-order chi connectivity index (χ1) is 9.13. The zero-order valence-corrected chi connectivity index (χ0v) is 12.8. The van der Waals surface area contributed by atoms with E-state index in [9.17, 15) is 0 Å². The van der Waals surface area contributed by atoms with Crippen LogP contribution >= 0.6 is 12.6 Å². The molecule has 0 spiro atoms. The zero-order chi connectivity index (χ0) is 13.8. The van der Waals surface area contributed by atoms with Gasteiger partial charge in [-0.3, -0.25) is 9.58 Å². The molecular weight excluding hydrogens is 262 g/mol. The highest BCUT2D eigenvalue weighted by molar-refractivity contribution is 7.80. The molecule has 108 valence electrons. The second-order valence-corrected chi connectivity index (χ2v) is 5.33. The van der Waals surface area contributed by atoms with Crippen LogP contribution in [-0.2, 0) is 4.74 Å². The van der Waals surface area contributed by atoms with Gasteiger partial charge in [-0.1, -0.05) is 0 Å². The molecule has 1 atom stereocenters. The summed E-state index contributed by atoms with van der Waals surface area (Å²) in [6, 6.07) is 0.304. The number of hydrogen-bond acceptors (Lipinski definition) is 5. The van der Waals surface area contributed by atoms with E-state index in [1.807, 2.05) is 18.5 Å². The van der Waals surface area contributed by atoms with Crippen LogP contribution in [0.3, 0.4) is 0 Å². The van der Waals surface area contributed by atoms with E-state index in [2.05, 4.69) is 29.6 Å². The molecule has 0 saturated carbocycles. The molecule has 0 unspecified atom stereocenters. The first-order valence-electron chi connectivity index (χ1n) is 6.84. The van der Waals surface area contributed by atoms with E-state index in [1.165, 1.54) is 0 Å². The third kappa shape index (κ3) is 3.43. The second-order valence-electron chi connectivity index (χ2n) is 4.88. The zero-order valence-electron chi connectivity index (χ0n) is 11.9. The summed E-state index contributed by atoms with van der Waals surface area (Å²) in [5.41, 5.74) is 1.06. The first kappa shape index (κ1) is 14.7. The summed E-state index contributed by atoms with van der Waals surface area (Å²) in [4.78, 5) is 3.25. The minimum atomic E-state index is 0.304. The van der Waals surface area contributed by atoms with Crippen molar-refractivity contribution >= 4 is 12.6 Å². The van der Waals surface area contributed by atoms with Gasteiger partial charge in [0.15, 0.2) is 0 Å². The molecule has 1 aromatic heterocycles. The fourth-order valence-corrected chi connectivity index (χ4v) is 2.59. The number of aromatic nitrogens is 2. The summed E-state index contributed by atoms with van der Waals surface area (Å²) in [6.45, 7) is 11.4. The second kappa shape index (κ2) is 6.63. The van der Waals surface area contributed by atoms with Crippen molar-refractivity contribution in [2.45, 2.75) is 31.7 Å². The van der Waals surface area contributed by atoms with Gasteiger partial charge >= 0.3 is 0 Å². The Morgan fingerprint density at radius 2 is 2.11 bits per heavy atom. The SMILES string of the molecule is CCOc1nn([C@@H](C)CN2CCOCC2)c(C)c1S. The summed E-state index contributed by atoms with van der Waals surface area (Å²) in [6.07, 6.45) is 0. The van der Waals surface area contributed by atoms with E-state index in [0.717, 1.165) is 43.4 Å². The average molecular weight is 285 g/mol. The number of hydrogen-bond donors (Lipinski definition) is 1. The molecule has 19 heavy (non-hydrogen) atoms. The van der Waals surface area contributed by atoms with Crippen LogP contribution in [0.15, 0.2) is 4.90 Å². The summed E-state index contributed by atoms with van der Waals surface area (Å²) in [5, 5.41) is 4.52. The van der Waals surface area contributed by atoms with Crippen molar-refractivity contribution in [3.8, 4) is 5.88 Å². The molecule has 1 aromatic rings.